The topological polar surface area (TPSA) is 83.6 Å². The van der Waals surface area contributed by atoms with E-state index in [-0.39, 0.29) is 17.3 Å². The molecule has 0 aromatic heterocycles. The molecule has 1 aliphatic rings. The molecule has 1 fully saturated rings. The smallest absolute Gasteiger partial charge is 0.255 e. The van der Waals surface area contributed by atoms with Crippen LogP contribution >= 0.6 is 11.6 Å². The fourth-order valence-electron chi connectivity index (χ4n) is 3.09. The number of nitrogens with zero attached hydrogens (tertiary/aromatic N) is 1. The van der Waals surface area contributed by atoms with Crippen LogP contribution in [0.3, 0.4) is 0 Å². The lowest BCUT2D eigenvalue weighted by Crippen LogP contribution is -2.30. The number of amides is 2. The van der Waals surface area contributed by atoms with Gasteiger partial charge in [0.2, 0.25) is 15.9 Å². The molecule has 1 N–H and O–H groups in total. The van der Waals surface area contributed by atoms with E-state index in [0.717, 1.165) is 15.4 Å². The molecule has 1 heterocycles. The Morgan fingerprint density at radius 3 is 2.33 bits per heavy atom. The highest BCUT2D eigenvalue weighted by Gasteiger charge is 2.41. The zero-order chi connectivity index (χ0) is 19.9. The molecule has 0 unspecified atom stereocenters. The van der Waals surface area contributed by atoms with E-state index in [1.54, 1.807) is 13.0 Å². The van der Waals surface area contributed by atoms with Gasteiger partial charge in [0, 0.05) is 5.56 Å². The van der Waals surface area contributed by atoms with E-state index in [2.05, 4.69) is 5.32 Å². The molecule has 1 saturated heterocycles. The summed E-state index contributed by atoms with van der Waals surface area (Å²) in [7, 11) is -3.67. The minimum atomic E-state index is -3.67. The summed E-state index contributed by atoms with van der Waals surface area (Å²) in [6.45, 7) is 5.34. The van der Waals surface area contributed by atoms with Gasteiger partial charge in [0.05, 0.1) is 28.1 Å². The number of anilines is 2. The highest BCUT2D eigenvalue weighted by atomic mass is 35.5. The summed E-state index contributed by atoms with van der Waals surface area (Å²) in [5.41, 5.74) is 2.91. The Kier molecular flexibility index (Phi) is 5.01. The monoisotopic (exact) mass is 406 g/mol. The molecular formula is C19H19ClN2O4S. The van der Waals surface area contributed by atoms with Crippen molar-refractivity contribution in [2.24, 2.45) is 5.92 Å². The molecule has 0 radical (unpaired) electrons. The van der Waals surface area contributed by atoms with Crippen LogP contribution in [0.5, 0.6) is 0 Å². The summed E-state index contributed by atoms with van der Waals surface area (Å²) in [4.78, 5) is 24.6. The SMILES string of the molecule is Cc1cc(C)c(NC(=O)c2ccc(N3C(=O)[C@@H](C)CS3(=O)=O)cc2)c(Cl)c1. The molecule has 0 saturated carbocycles. The summed E-state index contributed by atoms with van der Waals surface area (Å²) in [5.74, 6) is -1.63. The number of carbonyl (C=O) groups excluding carboxylic acids is 2. The second kappa shape index (κ2) is 6.98. The Hall–Kier alpha value is -2.38. The summed E-state index contributed by atoms with van der Waals surface area (Å²) < 4.78 is 25.1. The Bertz CT molecular complexity index is 1010. The highest BCUT2D eigenvalue weighted by molar-refractivity contribution is 7.94. The molecule has 0 bridgehead atoms. The van der Waals surface area contributed by atoms with Gasteiger partial charge in [-0.3, -0.25) is 9.59 Å². The van der Waals surface area contributed by atoms with E-state index in [1.807, 2.05) is 19.9 Å². The van der Waals surface area contributed by atoms with Crippen molar-refractivity contribution >= 4 is 44.8 Å². The van der Waals surface area contributed by atoms with Crippen LogP contribution in [0.25, 0.3) is 0 Å². The van der Waals surface area contributed by atoms with Gasteiger partial charge in [-0.05, 0) is 55.3 Å². The molecular weight excluding hydrogens is 388 g/mol. The molecule has 6 nitrogen and oxygen atoms in total. The Labute approximate surface area is 163 Å². The van der Waals surface area contributed by atoms with Crippen molar-refractivity contribution in [3.05, 3.63) is 58.1 Å². The van der Waals surface area contributed by atoms with E-state index in [0.29, 0.717) is 16.3 Å². The number of aryl methyl sites for hydroxylation is 2. The van der Waals surface area contributed by atoms with Gasteiger partial charge in [0.15, 0.2) is 0 Å². The first-order valence-electron chi connectivity index (χ1n) is 8.35. The van der Waals surface area contributed by atoms with Crippen molar-refractivity contribution in [2.45, 2.75) is 20.8 Å². The third-order valence-corrected chi connectivity index (χ3v) is 6.56. The van der Waals surface area contributed by atoms with E-state index < -0.39 is 21.8 Å². The lowest BCUT2D eigenvalue weighted by Gasteiger charge is -2.16. The van der Waals surface area contributed by atoms with Gasteiger partial charge in [-0.15, -0.1) is 0 Å². The van der Waals surface area contributed by atoms with Crippen LogP contribution in [-0.4, -0.2) is 26.0 Å². The van der Waals surface area contributed by atoms with Gasteiger partial charge >= 0.3 is 0 Å². The van der Waals surface area contributed by atoms with E-state index in [9.17, 15) is 18.0 Å². The summed E-state index contributed by atoms with van der Waals surface area (Å²) in [6, 6.07) is 9.54. The van der Waals surface area contributed by atoms with Crippen molar-refractivity contribution < 1.29 is 18.0 Å². The van der Waals surface area contributed by atoms with E-state index in [1.165, 1.54) is 24.3 Å². The van der Waals surface area contributed by atoms with Gasteiger partial charge < -0.3 is 5.32 Å². The highest BCUT2D eigenvalue weighted by Crippen LogP contribution is 2.30. The van der Waals surface area contributed by atoms with Gasteiger partial charge in [0.25, 0.3) is 5.91 Å². The van der Waals surface area contributed by atoms with Crippen molar-refractivity contribution in [1.29, 1.82) is 0 Å². The minimum absolute atomic E-state index is 0.209. The Morgan fingerprint density at radius 2 is 1.81 bits per heavy atom. The molecule has 3 rings (SSSR count). The average molecular weight is 407 g/mol. The first-order chi connectivity index (χ1) is 12.6. The van der Waals surface area contributed by atoms with Crippen LogP contribution in [0.4, 0.5) is 11.4 Å². The van der Waals surface area contributed by atoms with Crippen LogP contribution in [0, 0.1) is 19.8 Å². The summed E-state index contributed by atoms with van der Waals surface area (Å²) >= 11 is 6.21. The standard InChI is InChI=1S/C19H19ClN2O4S/c1-11-8-12(2)17(16(20)9-11)21-18(23)14-4-6-15(7-5-14)22-19(24)13(3)10-27(22,25)26/h4-9,13H,10H2,1-3H3,(H,21,23)/t13-/m0/s1. The number of nitrogens with one attached hydrogen (secondary N) is 1. The Balaban J connectivity index is 1.84. The maximum atomic E-state index is 12.5. The zero-order valence-electron chi connectivity index (χ0n) is 15.1. The Morgan fingerprint density at radius 1 is 1.19 bits per heavy atom. The molecule has 1 aliphatic heterocycles. The fraction of sp³-hybridized carbons (Fsp3) is 0.263. The van der Waals surface area contributed by atoms with Gasteiger partial charge in [-0.1, -0.05) is 24.6 Å². The van der Waals surface area contributed by atoms with Crippen LogP contribution in [0.1, 0.15) is 28.4 Å². The molecule has 0 spiro atoms. The lowest BCUT2D eigenvalue weighted by molar-refractivity contribution is -0.119. The number of sulfonamides is 1. The number of benzene rings is 2. The lowest BCUT2D eigenvalue weighted by atomic mass is 10.1. The van der Waals surface area contributed by atoms with Crippen LogP contribution in [-0.2, 0) is 14.8 Å². The van der Waals surface area contributed by atoms with Gasteiger partial charge in [-0.25, -0.2) is 12.7 Å². The molecule has 2 amide bonds. The second-order valence-corrected chi connectivity index (χ2v) is 8.99. The number of halogens is 1. The third-order valence-electron chi connectivity index (χ3n) is 4.39. The minimum Gasteiger partial charge on any atom is -0.320 e. The van der Waals surface area contributed by atoms with Crippen LogP contribution < -0.4 is 9.62 Å². The largest absolute Gasteiger partial charge is 0.320 e. The average Bonchev–Trinajstić information content (AvgIpc) is 2.78. The van der Waals surface area contributed by atoms with Crippen molar-refractivity contribution in [2.75, 3.05) is 15.4 Å². The van der Waals surface area contributed by atoms with Crippen molar-refractivity contribution in [3.8, 4) is 0 Å². The molecule has 27 heavy (non-hydrogen) atoms. The van der Waals surface area contributed by atoms with Gasteiger partial charge in [0.1, 0.15) is 0 Å². The third kappa shape index (κ3) is 3.70. The fourth-order valence-corrected chi connectivity index (χ4v) is 5.28. The maximum absolute atomic E-state index is 12.5. The van der Waals surface area contributed by atoms with Gasteiger partial charge in [-0.2, -0.15) is 0 Å². The predicted octanol–water partition coefficient (Wildman–Crippen LogP) is 3.52. The maximum Gasteiger partial charge on any atom is 0.255 e. The zero-order valence-corrected chi connectivity index (χ0v) is 16.7. The quantitative estimate of drug-likeness (QED) is 0.845. The molecule has 2 aromatic carbocycles. The molecule has 8 heteroatoms. The van der Waals surface area contributed by atoms with E-state index in [4.69, 9.17) is 11.6 Å². The van der Waals surface area contributed by atoms with Crippen molar-refractivity contribution in [3.63, 3.8) is 0 Å². The second-order valence-electron chi connectivity index (χ2n) is 6.72. The first-order valence-corrected chi connectivity index (χ1v) is 10.3. The molecule has 2 aromatic rings. The van der Waals surface area contributed by atoms with Crippen LogP contribution in [0.2, 0.25) is 5.02 Å². The molecule has 1 atom stereocenters. The molecule has 0 aliphatic carbocycles. The number of hydrogen-bond acceptors (Lipinski definition) is 4. The summed E-state index contributed by atoms with van der Waals surface area (Å²) in [5, 5.41) is 3.22. The predicted molar refractivity (Wildman–Crippen MR) is 106 cm³/mol. The first kappa shape index (κ1) is 19.4. The number of rotatable bonds is 3. The normalized spacial score (nSPS) is 18.6. The number of hydrogen-bond donors (Lipinski definition) is 1. The molecule has 142 valence electrons. The van der Waals surface area contributed by atoms with E-state index >= 15 is 0 Å². The number of carbonyl (C=O) groups is 2. The van der Waals surface area contributed by atoms with Crippen LogP contribution in [0.15, 0.2) is 36.4 Å². The van der Waals surface area contributed by atoms with Crippen molar-refractivity contribution in [1.82, 2.24) is 0 Å². The summed E-state index contributed by atoms with van der Waals surface area (Å²) in [6.07, 6.45) is 0.